The lowest BCUT2D eigenvalue weighted by atomic mass is 9.93. The lowest BCUT2D eigenvalue weighted by Gasteiger charge is -2.25. The second-order valence-corrected chi connectivity index (χ2v) is 10.4. The molecule has 0 amide bonds. The topological polar surface area (TPSA) is 117 Å². The zero-order chi connectivity index (χ0) is 29.2. The van der Waals surface area contributed by atoms with Crippen LogP contribution < -0.4 is 14.9 Å². The van der Waals surface area contributed by atoms with Crippen molar-refractivity contribution in [3.8, 4) is 11.3 Å². The number of aromatic nitrogens is 1. The van der Waals surface area contributed by atoms with Crippen molar-refractivity contribution in [2.45, 2.75) is 13.0 Å². The molecule has 0 radical (unpaired) electrons. The Kier molecular flexibility index (Phi) is 7.20. The highest BCUT2D eigenvalue weighted by molar-refractivity contribution is 7.07. The number of fused-ring (bicyclic) bond motifs is 1. The maximum atomic E-state index is 14.0. The predicted molar refractivity (Wildman–Crippen MR) is 158 cm³/mol. The number of hydrogen-bond acceptors (Lipinski definition) is 8. The lowest BCUT2D eigenvalue weighted by molar-refractivity contribution is -0.384. The van der Waals surface area contributed by atoms with Crippen molar-refractivity contribution in [2.24, 2.45) is 4.99 Å². The van der Waals surface area contributed by atoms with Gasteiger partial charge in [0, 0.05) is 29.3 Å². The molecule has 208 valence electrons. The Hall–Kier alpha value is -5.35. The molecule has 0 N–H and O–H groups in total. The average molecular weight is 578 g/mol. The molecule has 0 saturated carbocycles. The molecule has 0 unspecified atom stereocenters. The van der Waals surface area contributed by atoms with E-state index in [2.05, 4.69) is 0 Å². The summed E-state index contributed by atoms with van der Waals surface area (Å²) in [4.78, 5) is 43.4. The number of esters is 1. The van der Waals surface area contributed by atoms with Gasteiger partial charge < -0.3 is 9.15 Å². The third kappa shape index (κ3) is 4.99. The zero-order valence-electron chi connectivity index (χ0n) is 22.3. The number of nitro groups is 1. The maximum absolute atomic E-state index is 14.0. The molecule has 5 aromatic rings. The summed E-state index contributed by atoms with van der Waals surface area (Å²) in [7, 11) is 0. The summed E-state index contributed by atoms with van der Waals surface area (Å²) in [6.07, 6.45) is 1.61. The molecule has 0 saturated heterocycles. The minimum Gasteiger partial charge on any atom is -0.463 e. The fraction of sp³-hybridized carbons (Fsp3) is 0.0938. The molecule has 3 heterocycles. The molecule has 0 aliphatic carbocycles. The Labute approximate surface area is 243 Å². The number of non-ortho nitro benzene ring substituents is 1. The Morgan fingerprint density at radius 3 is 2.45 bits per heavy atom. The SMILES string of the molecule is CCOC(=O)C1=C(c2ccccc2)N=c2s/c(=C\c3ccc(-c4cccc([N+](=O)[O-])c4)o3)c(=O)n2[C@H]1c1ccccc1. The van der Waals surface area contributed by atoms with Gasteiger partial charge in [-0.15, -0.1) is 0 Å². The molecule has 9 nitrogen and oxygen atoms in total. The van der Waals surface area contributed by atoms with Crippen molar-refractivity contribution in [3.05, 3.63) is 149 Å². The van der Waals surface area contributed by atoms with E-state index < -0.39 is 16.9 Å². The van der Waals surface area contributed by atoms with Crippen molar-refractivity contribution in [3.63, 3.8) is 0 Å². The van der Waals surface area contributed by atoms with Gasteiger partial charge in [-0.3, -0.25) is 19.5 Å². The molecule has 0 spiro atoms. The van der Waals surface area contributed by atoms with Crippen LogP contribution >= 0.6 is 11.3 Å². The van der Waals surface area contributed by atoms with Crippen LogP contribution in [-0.4, -0.2) is 22.1 Å². The number of nitrogens with zero attached hydrogens (tertiary/aromatic N) is 3. The largest absolute Gasteiger partial charge is 0.463 e. The van der Waals surface area contributed by atoms with E-state index in [-0.39, 0.29) is 23.4 Å². The maximum Gasteiger partial charge on any atom is 0.338 e. The van der Waals surface area contributed by atoms with Gasteiger partial charge in [0.05, 0.1) is 33.4 Å². The van der Waals surface area contributed by atoms with Gasteiger partial charge in [-0.05, 0) is 24.6 Å². The molecule has 0 bridgehead atoms. The summed E-state index contributed by atoms with van der Waals surface area (Å²) in [5.41, 5.74) is 2.34. The summed E-state index contributed by atoms with van der Waals surface area (Å²) in [6.45, 7) is 1.90. The van der Waals surface area contributed by atoms with Crippen LogP contribution in [0.5, 0.6) is 0 Å². The molecular formula is C32H23N3O6S. The van der Waals surface area contributed by atoms with E-state index in [9.17, 15) is 19.7 Å². The third-order valence-electron chi connectivity index (χ3n) is 6.73. The van der Waals surface area contributed by atoms with Gasteiger partial charge in [0.1, 0.15) is 11.5 Å². The number of carbonyl (C=O) groups is 1. The van der Waals surface area contributed by atoms with E-state index in [1.807, 2.05) is 60.7 Å². The summed E-state index contributed by atoms with van der Waals surface area (Å²) in [5, 5.41) is 11.2. The van der Waals surface area contributed by atoms with Crippen molar-refractivity contribution in [2.75, 3.05) is 6.61 Å². The van der Waals surface area contributed by atoms with E-state index in [4.69, 9.17) is 14.1 Å². The molecular weight excluding hydrogens is 554 g/mol. The van der Waals surface area contributed by atoms with E-state index in [1.54, 1.807) is 37.3 Å². The number of furan rings is 1. The van der Waals surface area contributed by atoms with E-state index >= 15 is 0 Å². The van der Waals surface area contributed by atoms with E-state index in [1.165, 1.54) is 28.0 Å². The van der Waals surface area contributed by atoms with Gasteiger partial charge in [-0.2, -0.15) is 0 Å². The highest BCUT2D eigenvalue weighted by atomic mass is 32.1. The van der Waals surface area contributed by atoms with Crippen LogP contribution in [0.4, 0.5) is 5.69 Å². The van der Waals surface area contributed by atoms with Crippen LogP contribution in [0.3, 0.4) is 0 Å². The van der Waals surface area contributed by atoms with Crippen molar-refractivity contribution < 1.29 is 18.9 Å². The van der Waals surface area contributed by atoms with Crippen molar-refractivity contribution >= 4 is 34.8 Å². The molecule has 1 aliphatic rings. The molecule has 0 fully saturated rings. The van der Waals surface area contributed by atoms with E-state index in [0.717, 1.165) is 11.1 Å². The Balaban J connectivity index is 1.53. The number of benzene rings is 3. The minimum atomic E-state index is -0.768. The highest BCUT2D eigenvalue weighted by Crippen LogP contribution is 2.35. The standard InChI is InChI=1S/C32H23N3O6S/c1-2-40-31(37)27-28(20-10-5-3-6-11-20)33-32-34(29(27)21-12-7-4-8-13-21)30(36)26(42-32)19-24-16-17-25(41-24)22-14-9-15-23(18-22)35(38)39/h3-19,29H,2H2,1H3/b26-19-/t29-/m0/s1. The van der Waals surface area contributed by atoms with Gasteiger partial charge in [-0.25, -0.2) is 9.79 Å². The van der Waals surface area contributed by atoms with Crippen LogP contribution in [0.15, 0.2) is 117 Å². The van der Waals surface area contributed by atoms with E-state index in [0.29, 0.717) is 32.1 Å². The number of nitro benzene ring substituents is 1. The molecule has 1 atom stereocenters. The Morgan fingerprint density at radius 1 is 1.02 bits per heavy atom. The van der Waals surface area contributed by atoms with Crippen LogP contribution in [0.1, 0.15) is 29.9 Å². The summed E-state index contributed by atoms with van der Waals surface area (Å²) < 4.78 is 13.3. The first-order chi connectivity index (χ1) is 20.4. The van der Waals surface area contributed by atoms with Crippen molar-refractivity contribution in [1.82, 2.24) is 4.57 Å². The van der Waals surface area contributed by atoms with Crippen molar-refractivity contribution in [1.29, 1.82) is 0 Å². The Morgan fingerprint density at radius 2 is 1.74 bits per heavy atom. The third-order valence-corrected chi connectivity index (χ3v) is 7.71. The minimum absolute atomic E-state index is 0.0497. The second-order valence-electron chi connectivity index (χ2n) is 9.35. The van der Waals surface area contributed by atoms with Crippen LogP contribution in [-0.2, 0) is 9.53 Å². The first-order valence-electron chi connectivity index (χ1n) is 13.1. The van der Waals surface area contributed by atoms with Gasteiger partial charge in [-0.1, -0.05) is 84.1 Å². The zero-order valence-corrected chi connectivity index (χ0v) is 23.1. The monoisotopic (exact) mass is 577 g/mol. The summed E-state index contributed by atoms with van der Waals surface area (Å²) >= 11 is 1.18. The number of carbonyl (C=O) groups excluding carboxylic acids is 1. The highest BCUT2D eigenvalue weighted by Gasteiger charge is 2.35. The number of hydrogen-bond donors (Lipinski definition) is 0. The number of rotatable bonds is 7. The average Bonchev–Trinajstić information content (AvgIpc) is 3.61. The smallest absolute Gasteiger partial charge is 0.338 e. The molecule has 1 aliphatic heterocycles. The molecule has 10 heteroatoms. The number of thiazole rings is 1. The predicted octanol–water partition coefficient (Wildman–Crippen LogP) is 5.10. The molecule has 3 aromatic carbocycles. The van der Waals surface area contributed by atoms with Gasteiger partial charge in [0.25, 0.3) is 11.2 Å². The van der Waals surface area contributed by atoms with Gasteiger partial charge >= 0.3 is 5.97 Å². The molecule has 42 heavy (non-hydrogen) atoms. The normalized spacial score (nSPS) is 14.8. The quantitative estimate of drug-likeness (QED) is 0.151. The first kappa shape index (κ1) is 26.9. The van der Waals surface area contributed by atoms with Crippen LogP contribution in [0.2, 0.25) is 0 Å². The van der Waals surface area contributed by atoms with Crippen LogP contribution in [0.25, 0.3) is 23.1 Å². The summed E-state index contributed by atoms with van der Waals surface area (Å²) in [5.74, 6) is 0.276. The fourth-order valence-electron chi connectivity index (χ4n) is 4.88. The van der Waals surface area contributed by atoms with Gasteiger partial charge in [0.2, 0.25) is 0 Å². The Bertz CT molecular complexity index is 2020. The molecule has 2 aromatic heterocycles. The summed E-state index contributed by atoms with van der Waals surface area (Å²) in [6, 6.07) is 27.4. The fourth-order valence-corrected chi connectivity index (χ4v) is 5.86. The lowest BCUT2D eigenvalue weighted by Crippen LogP contribution is -2.39. The molecule has 6 rings (SSSR count). The second kappa shape index (κ2) is 11.3. The first-order valence-corrected chi connectivity index (χ1v) is 13.9. The van der Waals surface area contributed by atoms with Crippen LogP contribution in [0, 0.1) is 10.1 Å². The van der Waals surface area contributed by atoms with Gasteiger partial charge in [0.15, 0.2) is 4.80 Å². The number of ether oxygens (including phenoxy) is 1.